The molecule has 1 fully saturated rings. The Morgan fingerprint density at radius 1 is 0.938 bits per heavy atom. The molecule has 0 unspecified atom stereocenters. The smallest absolute Gasteiger partial charge is 0.0110 e. The SMILES string of the molecule is CC(C)CN1CCN(CCN)CC1.Cl.Cl.Cl. The molecule has 102 valence electrons. The highest BCUT2D eigenvalue weighted by Crippen LogP contribution is 2.04. The van der Waals surface area contributed by atoms with Crippen LogP contribution in [-0.4, -0.2) is 55.6 Å². The van der Waals surface area contributed by atoms with Gasteiger partial charge in [-0.3, -0.25) is 4.90 Å². The van der Waals surface area contributed by atoms with Crippen LogP contribution in [0.1, 0.15) is 13.8 Å². The summed E-state index contributed by atoms with van der Waals surface area (Å²) in [5.74, 6) is 0.793. The van der Waals surface area contributed by atoms with Gasteiger partial charge in [-0.25, -0.2) is 0 Å². The van der Waals surface area contributed by atoms with Gasteiger partial charge < -0.3 is 10.6 Å². The number of nitrogens with two attached hydrogens (primary N) is 1. The fraction of sp³-hybridized carbons (Fsp3) is 1.00. The topological polar surface area (TPSA) is 32.5 Å². The van der Waals surface area contributed by atoms with E-state index in [1.54, 1.807) is 0 Å². The Morgan fingerprint density at radius 2 is 1.38 bits per heavy atom. The molecule has 1 rings (SSSR count). The summed E-state index contributed by atoms with van der Waals surface area (Å²) in [5.41, 5.74) is 5.52. The van der Waals surface area contributed by atoms with E-state index < -0.39 is 0 Å². The van der Waals surface area contributed by atoms with Gasteiger partial charge in [0, 0.05) is 45.8 Å². The van der Waals surface area contributed by atoms with Crippen LogP contribution in [0, 0.1) is 5.92 Å². The van der Waals surface area contributed by atoms with E-state index in [1.165, 1.54) is 32.7 Å². The summed E-state index contributed by atoms with van der Waals surface area (Å²) in [5, 5.41) is 0. The fourth-order valence-electron chi connectivity index (χ4n) is 1.89. The predicted octanol–water partition coefficient (Wildman–Crippen LogP) is 1.48. The largest absolute Gasteiger partial charge is 0.329 e. The van der Waals surface area contributed by atoms with Gasteiger partial charge in [-0.05, 0) is 5.92 Å². The van der Waals surface area contributed by atoms with Crippen LogP contribution in [-0.2, 0) is 0 Å². The quantitative estimate of drug-likeness (QED) is 0.852. The molecule has 1 aliphatic rings. The van der Waals surface area contributed by atoms with Crippen LogP contribution in [0.4, 0.5) is 0 Å². The molecular weight excluding hydrogens is 268 g/mol. The molecule has 0 bridgehead atoms. The summed E-state index contributed by atoms with van der Waals surface area (Å²) in [6.45, 7) is 12.5. The minimum Gasteiger partial charge on any atom is -0.329 e. The zero-order valence-electron chi connectivity index (χ0n) is 10.2. The second-order valence-electron chi connectivity index (χ2n) is 4.32. The third kappa shape index (κ3) is 8.85. The van der Waals surface area contributed by atoms with Crippen molar-refractivity contribution >= 4 is 37.2 Å². The van der Waals surface area contributed by atoms with E-state index in [1.807, 2.05) is 0 Å². The van der Waals surface area contributed by atoms with Crippen molar-refractivity contribution in [2.45, 2.75) is 13.8 Å². The van der Waals surface area contributed by atoms with E-state index >= 15 is 0 Å². The molecule has 0 aliphatic carbocycles. The summed E-state index contributed by atoms with van der Waals surface area (Å²) >= 11 is 0. The van der Waals surface area contributed by atoms with Crippen LogP contribution in [0.2, 0.25) is 0 Å². The minimum absolute atomic E-state index is 0. The van der Waals surface area contributed by atoms with Gasteiger partial charge in [-0.1, -0.05) is 13.8 Å². The molecule has 1 heterocycles. The minimum atomic E-state index is 0. The number of rotatable bonds is 4. The predicted molar refractivity (Wildman–Crippen MR) is 78.5 cm³/mol. The third-order valence-electron chi connectivity index (χ3n) is 2.53. The van der Waals surface area contributed by atoms with Crippen molar-refractivity contribution in [1.82, 2.24) is 9.80 Å². The molecule has 1 saturated heterocycles. The van der Waals surface area contributed by atoms with Gasteiger partial charge in [-0.2, -0.15) is 0 Å². The molecule has 0 saturated carbocycles. The molecule has 0 aromatic carbocycles. The molecule has 0 spiro atoms. The Bertz CT molecular complexity index is 139. The molecule has 6 heteroatoms. The second kappa shape index (κ2) is 12.2. The lowest BCUT2D eigenvalue weighted by Crippen LogP contribution is -2.48. The van der Waals surface area contributed by atoms with Gasteiger partial charge in [0.25, 0.3) is 0 Å². The van der Waals surface area contributed by atoms with Gasteiger partial charge >= 0.3 is 0 Å². The molecule has 2 N–H and O–H groups in total. The summed E-state index contributed by atoms with van der Waals surface area (Å²) in [7, 11) is 0. The highest BCUT2D eigenvalue weighted by Gasteiger charge is 2.16. The number of hydrogen-bond acceptors (Lipinski definition) is 3. The maximum Gasteiger partial charge on any atom is 0.0110 e. The lowest BCUT2D eigenvalue weighted by Gasteiger charge is -2.35. The first-order valence-electron chi connectivity index (χ1n) is 5.37. The first-order valence-corrected chi connectivity index (χ1v) is 5.37. The van der Waals surface area contributed by atoms with Crippen molar-refractivity contribution in [3.8, 4) is 0 Å². The normalized spacial score (nSPS) is 17.2. The van der Waals surface area contributed by atoms with Crippen LogP contribution in [0.25, 0.3) is 0 Å². The van der Waals surface area contributed by atoms with Crippen molar-refractivity contribution in [1.29, 1.82) is 0 Å². The summed E-state index contributed by atoms with van der Waals surface area (Å²) in [6, 6.07) is 0. The van der Waals surface area contributed by atoms with Crippen LogP contribution in [0.3, 0.4) is 0 Å². The fourth-order valence-corrected chi connectivity index (χ4v) is 1.89. The molecule has 3 nitrogen and oxygen atoms in total. The second-order valence-corrected chi connectivity index (χ2v) is 4.32. The lowest BCUT2D eigenvalue weighted by atomic mass is 10.2. The van der Waals surface area contributed by atoms with Crippen molar-refractivity contribution in [3.63, 3.8) is 0 Å². The molecule has 0 aromatic rings. The first-order chi connectivity index (χ1) is 6.22. The van der Waals surface area contributed by atoms with E-state index in [0.717, 1.165) is 19.0 Å². The number of piperazine rings is 1. The molecular formula is C10H26Cl3N3. The highest BCUT2D eigenvalue weighted by molar-refractivity contribution is 5.86. The van der Waals surface area contributed by atoms with E-state index in [2.05, 4.69) is 23.6 Å². The van der Waals surface area contributed by atoms with Crippen LogP contribution in [0.5, 0.6) is 0 Å². The average Bonchev–Trinajstić information content (AvgIpc) is 2.08. The standard InChI is InChI=1S/C10H23N3.3ClH/c1-10(2)9-13-7-5-12(4-3-11)6-8-13;;;/h10H,3-9,11H2,1-2H3;3*1H. The summed E-state index contributed by atoms with van der Waals surface area (Å²) in [4.78, 5) is 5.01. The molecule has 0 aromatic heterocycles. The van der Waals surface area contributed by atoms with Crippen LogP contribution in [0.15, 0.2) is 0 Å². The monoisotopic (exact) mass is 293 g/mol. The summed E-state index contributed by atoms with van der Waals surface area (Å²) in [6.07, 6.45) is 0. The van der Waals surface area contributed by atoms with Crippen molar-refractivity contribution < 1.29 is 0 Å². The Morgan fingerprint density at radius 3 is 1.75 bits per heavy atom. The van der Waals surface area contributed by atoms with E-state index in [-0.39, 0.29) is 37.2 Å². The maximum absolute atomic E-state index is 5.52. The molecule has 1 aliphatic heterocycles. The molecule has 16 heavy (non-hydrogen) atoms. The van der Waals surface area contributed by atoms with Crippen molar-refractivity contribution in [2.75, 3.05) is 45.8 Å². The Hall–Kier alpha value is 0.750. The first kappa shape index (κ1) is 22.0. The van der Waals surface area contributed by atoms with E-state index in [9.17, 15) is 0 Å². The third-order valence-corrected chi connectivity index (χ3v) is 2.53. The number of halogens is 3. The molecule has 0 atom stereocenters. The summed E-state index contributed by atoms with van der Waals surface area (Å²) < 4.78 is 0. The van der Waals surface area contributed by atoms with E-state index in [4.69, 9.17) is 5.73 Å². The Labute approximate surface area is 118 Å². The van der Waals surface area contributed by atoms with Gasteiger partial charge in [0.05, 0.1) is 0 Å². The van der Waals surface area contributed by atoms with Gasteiger partial charge in [0.15, 0.2) is 0 Å². The zero-order chi connectivity index (χ0) is 9.68. The van der Waals surface area contributed by atoms with E-state index in [0.29, 0.717) is 0 Å². The van der Waals surface area contributed by atoms with Gasteiger partial charge in [-0.15, -0.1) is 37.2 Å². The van der Waals surface area contributed by atoms with Gasteiger partial charge in [0.2, 0.25) is 0 Å². The highest BCUT2D eigenvalue weighted by atomic mass is 35.5. The zero-order valence-corrected chi connectivity index (χ0v) is 12.7. The van der Waals surface area contributed by atoms with Crippen LogP contribution >= 0.6 is 37.2 Å². The maximum atomic E-state index is 5.52. The number of hydrogen-bond donors (Lipinski definition) is 1. The number of nitrogens with zero attached hydrogens (tertiary/aromatic N) is 2. The Kier molecular flexibility index (Phi) is 16.8. The lowest BCUT2D eigenvalue weighted by molar-refractivity contribution is 0.125. The molecule has 0 amide bonds. The van der Waals surface area contributed by atoms with Crippen molar-refractivity contribution in [2.24, 2.45) is 11.7 Å². The molecule has 0 radical (unpaired) electrons. The van der Waals surface area contributed by atoms with Crippen molar-refractivity contribution in [3.05, 3.63) is 0 Å². The van der Waals surface area contributed by atoms with Gasteiger partial charge in [0.1, 0.15) is 0 Å². The Balaban J connectivity index is -0.000000563. The average molecular weight is 295 g/mol. The van der Waals surface area contributed by atoms with Crippen LogP contribution < -0.4 is 5.73 Å².